The molecule has 0 bridgehead atoms. The largest absolute Gasteiger partial charge is 0.493 e. The van der Waals surface area contributed by atoms with E-state index in [1.54, 1.807) is 10.5 Å². The van der Waals surface area contributed by atoms with Gasteiger partial charge in [0.15, 0.2) is 16.9 Å². The van der Waals surface area contributed by atoms with Gasteiger partial charge in [0.05, 0.1) is 12.3 Å². The molecule has 1 aliphatic heterocycles. The molecule has 4 aromatic heterocycles. The summed E-state index contributed by atoms with van der Waals surface area (Å²) in [5.41, 5.74) is -1.20. The minimum atomic E-state index is -4.94. The first-order valence-corrected chi connectivity index (χ1v) is 11.1. The molecule has 0 aliphatic carbocycles. The van der Waals surface area contributed by atoms with Crippen LogP contribution in [0.25, 0.3) is 22.4 Å². The van der Waals surface area contributed by atoms with Crippen LogP contribution in [0, 0.1) is 5.82 Å². The van der Waals surface area contributed by atoms with Crippen molar-refractivity contribution in [2.45, 2.75) is 31.7 Å². The van der Waals surface area contributed by atoms with Crippen LogP contribution in [0.5, 0.6) is 5.75 Å². The van der Waals surface area contributed by atoms with Gasteiger partial charge < -0.3 is 15.2 Å². The number of fused-ring (bicyclic) bond motifs is 3. The number of ether oxygens (including phenoxy) is 1. The first-order chi connectivity index (χ1) is 17.7. The maximum atomic E-state index is 14.5. The lowest BCUT2D eigenvalue weighted by molar-refractivity contribution is -0.260. The number of anilines is 1. The van der Waals surface area contributed by atoms with Gasteiger partial charge in [-0.2, -0.15) is 18.3 Å². The van der Waals surface area contributed by atoms with Gasteiger partial charge in [-0.1, -0.05) is 0 Å². The predicted molar refractivity (Wildman–Crippen MR) is 121 cm³/mol. The fraction of sp³-hybridized carbons (Fsp3) is 0.261. The predicted octanol–water partition coefficient (Wildman–Crippen LogP) is 3.29. The van der Waals surface area contributed by atoms with Gasteiger partial charge in [0.2, 0.25) is 5.95 Å². The average molecular weight is 514 g/mol. The van der Waals surface area contributed by atoms with Gasteiger partial charge in [0.1, 0.15) is 24.2 Å². The standard InChI is InChI=1S/C23H18F4N8O2/c1-22(36,23(25,26)27)18-5-2-13(19-30-10-32-35(18)19)15-9-29-21(34-11-31-33-20(15)34)28-8-14-12-6-7-37-17(12)4-3-16(14)24/h2-5,9-11,36H,6-8H2,1H3,(H,28,29). The fourth-order valence-electron chi connectivity index (χ4n) is 4.45. The minimum absolute atomic E-state index is 0.0661. The molecule has 1 aromatic carbocycles. The van der Waals surface area contributed by atoms with Crippen LogP contribution in [0.1, 0.15) is 23.7 Å². The van der Waals surface area contributed by atoms with Gasteiger partial charge in [0, 0.05) is 41.4 Å². The maximum Gasteiger partial charge on any atom is 0.422 e. The molecule has 1 aliphatic rings. The normalized spacial score (nSPS) is 15.1. The van der Waals surface area contributed by atoms with E-state index < -0.39 is 17.5 Å². The van der Waals surface area contributed by atoms with Crippen molar-refractivity contribution in [1.29, 1.82) is 0 Å². The van der Waals surface area contributed by atoms with E-state index in [0.717, 1.165) is 22.5 Å². The van der Waals surface area contributed by atoms with E-state index >= 15 is 0 Å². The first kappa shape index (κ1) is 23.1. The summed E-state index contributed by atoms with van der Waals surface area (Å²) >= 11 is 0. The second kappa shape index (κ2) is 8.09. The quantitative estimate of drug-likeness (QED) is 0.344. The van der Waals surface area contributed by atoms with E-state index in [-0.39, 0.29) is 18.0 Å². The lowest BCUT2D eigenvalue weighted by atomic mass is 9.99. The average Bonchev–Trinajstić information content (AvgIpc) is 3.62. The zero-order chi connectivity index (χ0) is 25.9. The lowest BCUT2D eigenvalue weighted by Crippen LogP contribution is -2.41. The summed E-state index contributed by atoms with van der Waals surface area (Å²) in [7, 11) is 0. The molecule has 2 N–H and O–H groups in total. The van der Waals surface area contributed by atoms with Crippen LogP contribution in [0.3, 0.4) is 0 Å². The molecular weight excluding hydrogens is 496 g/mol. The molecule has 0 radical (unpaired) electrons. The van der Waals surface area contributed by atoms with Crippen LogP contribution in [-0.2, 0) is 18.6 Å². The van der Waals surface area contributed by atoms with Crippen molar-refractivity contribution < 1.29 is 27.4 Å². The zero-order valence-electron chi connectivity index (χ0n) is 19.2. The molecule has 0 spiro atoms. The number of pyridine rings is 1. The molecule has 5 aromatic rings. The Balaban J connectivity index is 1.39. The fourth-order valence-corrected chi connectivity index (χ4v) is 4.45. The molecular formula is C23H18F4N8O2. The highest BCUT2D eigenvalue weighted by Crippen LogP contribution is 2.40. The van der Waals surface area contributed by atoms with Gasteiger partial charge in [-0.15, -0.1) is 10.2 Å². The van der Waals surface area contributed by atoms with Gasteiger partial charge in [0.25, 0.3) is 0 Å². The van der Waals surface area contributed by atoms with Crippen molar-refractivity contribution >= 4 is 17.2 Å². The number of aliphatic hydroxyl groups is 1. The van der Waals surface area contributed by atoms with Crippen molar-refractivity contribution in [3.05, 3.63) is 65.8 Å². The Morgan fingerprint density at radius 2 is 1.95 bits per heavy atom. The van der Waals surface area contributed by atoms with Crippen molar-refractivity contribution in [3.8, 4) is 16.9 Å². The van der Waals surface area contributed by atoms with E-state index in [2.05, 4.69) is 30.6 Å². The number of hydrogen-bond donors (Lipinski definition) is 2. The number of alkyl halides is 3. The number of aromatic nitrogens is 7. The van der Waals surface area contributed by atoms with Gasteiger partial charge in [-0.3, -0.25) is 4.40 Å². The molecule has 1 atom stereocenters. The van der Waals surface area contributed by atoms with Crippen LogP contribution in [-0.4, -0.2) is 52.1 Å². The second-order valence-corrected chi connectivity index (χ2v) is 8.67. The van der Waals surface area contributed by atoms with Crippen LogP contribution < -0.4 is 10.1 Å². The Morgan fingerprint density at radius 3 is 2.76 bits per heavy atom. The van der Waals surface area contributed by atoms with Crippen molar-refractivity contribution in [3.63, 3.8) is 0 Å². The monoisotopic (exact) mass is 514 g/mol. The summed E-state index contributed by atoms with van der Waals surface area (Å²) in [5.74, 6) is 0.618. The van der Waals surface area contributed by atoms with Gasteiger partial charge >= 0.3 is 6.18 Å². The molecule has 0 saturated carbocycles. The molecule has 5 heterocycles. The number of hydrogen-bond acceptors (Lipinski definition) is 8. The third-order valence-electron chi connectivity index (χ3n) is 6.46. The highest BCUT2D eigenvalue weighted by Gasteiger charge is 2.53. The van der Waals surface area contributed by atoms with E-state index in [0.29, 0.717) is 54.0 Å². The molecule has 0 amide bonds. The number of benzene rings is 1. The third kappa shape index (κ3) is 3.55. The SMILES string of the molecule is CC(O)(c1ccc(-c2cnc(NCc3c(F)ccc4c3CCO4)n3cnnc23)c2ncnn12)C(F)(F)F. The highest BCUT2D eigenvalue weighted by atomic mass is 19.4. The molecule has 37 heavy (non-hydrogen) atoms. The number of nitrogens with zero attached hydrogens (tertiary/aromatic N) is 7. The molecule has 1 unspecified atom stereocenters. The summed E-state index contributed by atoms with van der Waals surface area (Å²) < 4.78 is 63.0. The third-order valence-corrected chi connectivity index (χ3v) is 6.46. The smallest absolute Gasteiger partial charge is 0.422 e. The van der Waals surface area contributed by atoms with E-state index in [1.165, 1.54) is 24.7 Å². The van der Waals surface area contributed by atoms with E-state index in [4.69, 9.17) is 4.74 Å². The highest BCUT2D eigenvalue weighted by molar-refractivity contribution is 5.86. The van der Waals surface area contributed by atoms with Gasteiger partial charge in [-0.25, -0.2) is 18.9 Å². The summed E-state index contributed by atoms with van der Waals surface area (Å²) in [6.45, 7) is 1.27. The number of halogens is 4. The summed E-state index contributed by atoms with van der Waals surface area (Å²) in [6.07, 6.45) is -0.369. The number of rotatable bonds is 5. The topological polar surface area (TPSA) is 115 Å². The van der Waals surface area contributed by atoms with E-state index in [1.807, 2.05) is 0 Å². The van der Waals surface area contributed by atoms with Crippen LogP contribution in [0.4, 0.5) is 23.5 Å². The molecule has 6 rings (SSSR count). The first-order valence-electron chi connectivity index (χ1n) is 11.1. The Kier molecular flexibility index (Phi) is 5.05. The molecule has 0 saturated heterocycles. The second-order valence-electron chi connectivity index (χ2n) is 8.67. The Bertz CT molecular complexity index is 1660. The summed E-state index contributed by atoms with van der Waals surface area (Å²) in [5, 5.41) is 25.3. The summed E-state index contributed by atoms with van der Waals surface area (Å²) in [6, 6.07) is 5.48. The van der Waals surface area contributed by atoms with Crippen molar-refractivity contribution in [1.82, 2.24) is 34.2 Å². The Labute approximate surface area is 205 Å². The molecule has 10 nitrogen and oxygen atoms in total. The van der Waals surface area contributed by atoms with Crippen LogP contribution in [0.2, 0.25) is 0 Å². The van der Waals surface area contributed by atoms with Crippen molar-refractivity contribution in [2.24, 2.45) is 0 Å². The van der Waals surface area contributed by atoms with Crippen LogP contribution in [0.15, 0.2) is 43.1 Å². The lowest BCUT2D eigenvalue weighted by Gasteiger charge is -2.27. The molecule has 0 fully saturated rings. The molecule has 190 valence electrons. The van der Waals surface area contributed by atoms with Gasteiger partial charge in [-0.05, 0) is 31.2 Å². The maximum absolute atomic E-state index is 14.5. The number of nitrogens with one attached hydrogen (secondary N) is 1. The zero-order valence-corrected chi connectivity index (χ0v) is 19.2. The van der Waals surface area contributed by atoms with Crippen molar-refractivity contribution in [2.75, 3.05) is 11.9 Å². The van der Waals surface area contributed by atoms with Crippen LogP contribution >= 0.6 is 0 Å². The van der Waals surface area contributed by atoms with E-state index in [9.17, 15) is 22.7 Å². The minimum Gasteiger partial charge on any atom is -0.493 e. The Hall–Kier alpha value is -4.33. The summed E-state index contributed by atoms with van der Waals surface area (Å²) in [4.78, 5) is 8.53. The molecule has 14 heteroatoms. The Morgan fingerprint density at radius 1 is 1.11 bits per heavy atom.